The van der Waals surface area contributed by atoms with Crippen molar-refractivity contribution in [3.05, 3.63) is 69.6 Å². The zero-order chi connectivity index (χ0) is 19.1. The summed E-state index contributed by atoms with van der Waals surface area (Å²) >= 11 is 7.10. The smallest absolute Gasteiger partial charge is 0.310 e. The number of ether oxygens (including phenoxy) is 2. The summed E-state index contributed by atoms with van der Waals surface area (Å²) < 4.78 is 16.5. The van der Waals surface area contributed by atoms with Gasteiger partial charge in [0.05, 0.1) is 11.5 Å². The molecule has 0 aliphatic carbocycles. The van der Waals surface area contributed by atoms with Crippen LogP contribution in [0.15, 0.2) is 58.2 Å². The van der Waals surface area contributed by atoms with E-state index in [4.69, 9.17) is 25.5 Å². The molecule has 0 aliphatic heterocycles. The van der Waals surface area contributed by atoms with Crippen LogP contribution in [0.2, 0.25) is 5.02 Å². The van der Waals surface area contributed by atoms with Crippen LogP contribution < -0.4 is 9.47 Å². The largest absolute Gasteiger partial charge is 0.486 e. The summed E-state index contributed by atoms with van der Waals surface area (Å²) in [5.41, 5.74) is -0.0677. The first kappa shape index (κ1) is 19.0. The fraction of sp³-hybridized carbons (Fsp3) is 0.176. The van der Waals surface area contributed by atoms with E-state index in [9.17, 15) is 10.1 Å². The van der Waals surface area contributed by atoms with Crippen molar-refractivity contribution in [2.45, 2.75) is 11.8 Å². The molecule has 27 heavy (non-hydrogen) atoms. The second-order valence-electron chi connectivity index (χ2n) is 5.13. The molecular weight excluding hydrogens is 394 g/mol. The van der Waals surface area contributed by atoms with E-state index in [2.05, 4.69) is 10.2 Å². The van der Waals surface area contributed by atoms with E-state index in [0.29, 0.717) is 27.6 Å². The van der Waals surface area contributed by atoms with Crippen LogP contribution in [0.1, 0.15) is 5.89 Å². The van der Waals surface area contributed by atoms with Gasteiger partial charge in [0.1, 0.15) is 5.75 Å². The molecule has 3 rings (SSSR count). The van der Waals surface area contributed by atoms with Crippen LogP contribution in [0.25, 0.3) is 0 Å². The lowest BCUT2D eigenvalue weighted by molar-refractivity contribution is -0.385. The molecule has 0 radical (unpaired) electrons. The van der Waals surface area contributed by atoms with Crippen molar-refractivity contribution in [2.75, 3.05) is 12.4 Å². The number of halogens is 1. The van der Waals surface area contributed by atoms with Crippen molar-refractivity contribution < 1.29 is 18.8 Å². The Hall–Kier alpha value is -2.78. The number of thioether (sulfide) groups is 1. The molecule has 140 valence electrons. The molecule has 0 bridgehead atoms. The van der Waals surface area contributed by atoms with E-state index >= 15 is 0 Å². The van der Waals surface area contributed by atoms with Crippen molar-refractivity contribution in [1.29, 1.82) is 0 Å². The summed E-state index contributed by atoms with van der Waals surface area (Å²) in [6.07, 6.45) is 0. The highest BCUT2D eigenvalue weighted by Gasteiger charge is 2.14. The lowest BCUT2D eigenvalue weighted by Gasteiger charge is -2.05. The highest BCUT2D eigenvalue weighted by Crippen LogP contribution is 2.26. The van der Waals surface area contributed by atoms with Gasteiger partial charge in [-0.2, -0.15) is 0 Å². The first-order chi connectivity index (χ1) is 13.1. The van der Waals surface area contributed by atoms with Crippen molar-refractivity contribution in [3.8, 4) is 11.5 Å². The van der Waals surface area contributed by atoms with Crippen molar-refractivity contribution in [3.63, 3.8) is 0 Å². The van der Waals surface area contributed by atoms with Gasteiger partial charge in [-0.15, -0.1) is 10.2 Å². The van der Waals surface area contributed by atoms with Crippen molar-refractivity contribution in [2.24, 2.45) is 0 Å². The topological polar surface area (TPSA) is 101 Å². The Bertz CT molecular complexity index is 904. The average molecular weight is 408 g/mol. The van der Waals surface area contributed by atoms with Crippen molar-refractivity contribution >= 4 is 29.1 Å². The van der Waals surface area contributed by atoms with Crippen LogP contribution in [0, 0.1) is 10.1 Å². The van der Waals surface area contributed by atoms with Gasteiger partial charge >= 0.3 is 5.69 Å². The maximum absolute atomic E-state index is 10.9. The van der Waals surface area contributed by atoms with E-state index < -0.39 is 4.92 Å². The van der Waals surface area contributed by atoms with Crippen LogP contribution in [0.3, 0.4) is 0 Å². The Balaban J connectivity index is 1.43. The number of nitrogens with zero attached hydrogens (tertiary/aromatic N) is 3. The monoisotopic (exact) mass is 407 g/mol. The van der Waals surface area contributed by atoms with Gasteiger partial charge in [-0.05, 0) is 30.3 Å². The number of aromatic nitrogens is 2. The minimum atomic E-state index is -0.479. The van der Waals surface area contributed by atoms with Gasteiger partial charge in [0.2, 0.25) is 0 Å². The predicted octanol–water partition coefficient (Wildman–Crippen LogP) is 4.38. The molecule has 0 unspecified atom stereocenters. The van der Waals surface area contributed by atoms with Gasteiger partial charge in [-0.3, -0.25) is 10.1 Å². The lowest BCUT2D eigenvalue weighted by Crippen LogP contribution is -2.02. The number of hydrogen-bond donors (Lipinski definition) is 0. The fourth-order valence-electron chi connectivity index (χ4n) is 2.04. The fourth-order valence-corrected chi connectivity index (χ4v) is 2.76. The Kier molecular flexibility index (Phi) is 6.50. The second-order valence-corrected chi connectivity index (χ2v) is 6.61. The van der Waals surface area contributed by atoms with E-state index in [1.54, 1.807) is 42.5 Å². The van der Waals surface area contributed by atoms with Crippen LogP contribution in [0.5, 0.6) is 11.5 Å². The highest BCUT2D eigenvalue weighted by atomic mass is 35.5. The minimum Gasteiger partial charge on any atom is -0.486 e. The predicted molar refractivity (Wildman–Crippen MR) is 99.4 cm³/mol. The summed E-state index contributed by atoms with van der Waals surface area (Å²) in [5.74, 6) is 1.70. The number of rotatable bonds is 9. The van der Waals surface area contributed by atoms with Gasteiger partial charge in [0.15, 0.2) is 12.4 Å². The number of nitro benzene ring substituents is 1. The minimum absolute atomic E-state index is 0.0677. The molecule has 0 aliphatic rings. The maximum atomic E-state index is 10.9. The van der Waals surface area contributed by atoms with Crippen LogP contribution in [0.4, 0.5) is 5.69 Å². The zero-order valence-corrected chi connectivity index (χ0v) is 15.5. The normalized spacial score (nSPS) is 10.6. The number of nitro groups is 1. The molecule has 8 nitrogen and oxygen atoms in total. The third-order valence-corrected chi connectivity index (χ3v) is 4.29. The van der Waals surface area contributed by atoms with Gasteiger partial charge in [-0.1, -0.05) is 35.5 Å². The third kappa shape index (κ3) is 5.60. The first-order valence-corrected chi connectivity index (χ1v) is 9.18. The third-order valence-electron chi connectivity index (χ3n) is 3.25. The van der Waals surface area contributed by atoms with E-state index in [0.717, 1.165) is 0 Å². The summed E-state index contributed by atoms with van der Waals surface area (Å²) in [5, 5.41) is 19.7. The lowest BCUT2D eigenvalue weighted by atomic mass is 10.3. The Morgan fingerprint density at radius 3 is 2.67 bits per heavy atom. The SMILES string of the molecule is O=[N+]([O-])c1ccccc1OCCSc1nnc(COc2ccc(Cl)cc2)o1. The molecule has 0 fully saturated rings. The van der Waals surface area contributed by atoms with Crippen molar-refractivity contribution in [1.82, 2.24) is 10.2 Å². The molecule has 0 atom stereocenters. The number of para-hydroxylation sites is 2. The van der Waals surface area contributed by atoms with E-state index in [1.165, 1.54) is 17.8 Å². The second kappa shape index (κ2) is 9.24. The van der Waals surface area contributed by atoms with Crippen LogP contribution in [-0.2, 0) is 6.61 Å². The Morgan fingerprint density at radius 1 is 1.11 bits per heavy atom. The molecule has 2 aromatic carbocycles. The van der Waals surface area contributed by atoms with Gasteiger partial charge in [0, 0.05) is 16.8 Å². The Morgan fingerprint density at radius 2 is 1.89 bits per heavy atom. The molecule has 10 heteroatoms. The zero-order valence-electron chi connectivity index (χ0n) is 13.9. The van der Waals surface area contributed by atoms with Gasteiger partial charge in [-0.25, -0.2) is 0 Å². The van der Waals surface area contributed by atoms with Crippen LogP contribution >= 0.6 is 23.4 Å². The average Bonchev–Trinajstić information content (AvgIpc) is 3.13. The summed E-state index contributed by atoms with van der Waals surface area (Å²) in [6, 6.07) is 13.2. The Labute approximate surface area is 163 Å². The summed E-state index contributed by atoms with van der Waals surface area (Å²) in [7, 11) is 0. The van der Waals surface area contributed by atoms with Gasteiger partial charge in [0.25, 0.3) is 11.1 Å². The molecule has 0 saturated heterocycles. The quantitative estimate of drug-likeness (QED) is 0.223. The molecular formula is C17H14ClN3O5S. The number of benzene rings is 2. The van der Waals surface area contributed by atoms with E-state index in [1.807, 2.05) is 0 Å². The summed E-state index contributed by atoms with van der Waals surface area (Å²) in [4.78, 5) is 10.4. The molecule has 1 heterocycles. The standard InChI is InChI=1S/C17H14ClN3O5S/c18-12-5-7-13(8-6-12)25-11-16-19-20-17(26-16)27-10-9-24-15-4-2-1-3-14(15)21(22)23/h1-8H,9-11H2. The number of hydrogen-bond acceptors (Lipinski definition) is 8. The molecule has 0 N–H and O–H groups in total. The van der Waals surface area contributed by atoms with Crippen LogP contribution in [-0.4, -0.2) is 27.5 Å². The molecule has 1 aromatic heterocycles. The molecule has 0 amide bonds. The summed E-state index contributed by atoms with van der Waals surface area (Å²) in [6.45, 7) is 0.399. The van der Waals surface area contributed by atoms with E-state index in [-0.39, 0.29) is 24.7 Å². The van der Waals surface area contributed by atoms with Gasteiger partial charge < -0.3 is 13.9 Å². The first-order valence-electron chi connectivity index (χ1n) is 7.81. The highest BCUT2D eigenvalue weighted by molar-refractivity contribution is 7.99. The molecule has 0 saturated carbocycles. The molecule has 0 spiro atoms. The molecule has 3 aromatic rings. The maximum Gasteiger partial charge on any atom is 0.310 e.